The van der Waals surface area contributed by atoms with Crippen LogP contribution in [0.2, 0.25) is 0 Å². The van der Waals surface area contributed by atoms with Crippen LogP contribution in [0.1, 0.15) is 49.7 Å². The Bertz CT molecular complexity index is 996. The number of pyridine rings is 1. The Balaban J connectivity index is 1.96. The van der Waals surface area contributed by atoms with E-state index in [-0.39, 0.29) is 28.7 Å². The second kappa shape index (κ2) is 8.66. The second-order valence-corrected chi connectivity index (χ2v) is 7.99. The van der Waals surface area contributed by atoms with E-state index in [9.17, 15) is 22.8 Å². The average molecular weight is 436 g/mol. The minimum absolute atomic E-state index is 0.182. The number of carbonyl (C=O) groups excluding carboxylic acids is 2. The predicted octanol–water partition coefficient (Wildman–Crippen LogP) is 4.56. The highest BCUT2D eigenvalue weighted by Gasteiger charge is 2.51. The highest BCUT2D eigenvalue weighted by Crippen LogP contribution is 2.48. The molecule has 1 saturated heterocycles. The van der Waals surface area contributed by atoms with Crippen molar-refractivity contribution in [1.29, 1.82) is 0 Å². The summed E-state index contributed by atoms with van der Waals surface area (Å²) in [6, 6.07) is 6.28. The summed E-state index contributed by atoms with van der Waals surface area (Å²) >= 11 is 0. The molecule has 1 N–H and O–H groups in total. The molecule has 6 nitrogen and oxygen atoms in total. The molecule has 166 valence electrons. The summed E-state index contributed by atoms with van der Waals surface area (Å²) in [4.78, 5) is 28.6. The second-order valence-electron chi connectivity index (χ2n) is 7.99. The number of ether oxygens (including phenoxy) is 2. The lowest BCUT2D eigenvalue weighted by molar-refractivity contribution is -0.131. The standard InChI is InChI=1S/C22H23F3N2O4/c1-11-18(15-6-5-13(23)9-17(15)30-21(24)25)19(31-22(11,3)4)20(29)27-14-7-8-26-16(10-14)12(2)28/h5-11,18-19,21H,1-4H3,(H,26,27,29)/t11-,18-,19-/m0/s1. The number of ketones is 1. The maximum atomic E-state index is 13.7. The molecule has 0 unspecified atom stereocenters. The van der Waals surface area contributed by atoms with Crippen LogP contribution in [-0.4, -0.2) is 35.0 Å². The van der Waals surface area contributed by atoms with Crippen LogP contribution in [0.15, 0.2) is 36.5 Å². The summed E-state index contributed by atoms with van der Waals surface area (Å²) in [5, 5.41) is 2.69. The number of amides is 1. The minimum Gasteiger partial charge on any atom is -0.434 e. The number of hydrogen-bond donors (Lipinski definition) is 1. The molecular weight excluding hydrogens is 413 g/mol. The Hall–Kier alpha value is -2.94. The van der Waals surface area contributed by atoms with Crippen LogP contribution in [0.25, 0.3) is 0 Å². The van der Waals surface area contributed by atoms with Gasteiger partial charge in [-0.25, -0.2) is 4.39 Å². The van der Waals surface area contributed by atoms with Crippen molar-refractivity contribution in [1.82, 2.24) is 4.98 Å². The van der Waals surface area contributed by atoms with Gasteiger partial charge in [0.1, 0.15) is 23.4 Å². The first-order chi connectivity index (χ1) is 14.5. The Morgan fingerprint density at radius 2 is 1.94 bits per heavy atom. The van der Waals surface area contributed by atoms with Crippen molar-refractivity contribution in [2.75, 3.05) is 5.32 Å². The summed E-state index contributed by atoms with van der Waals surface area (Å²) in [5.41, 5.74) is 0.0000585. The molecule has 2 aromatic rings. The third-order valence-electron chi connectivity index (χ3n) is 5.59. The van der Waals surface area contributed by atoms with Gasteiger partial charge in [0.05, 0.1) is 5.60 Å². The summed E-state index contributed by atoms with van der Waals surface area (Å²) in [5.74, 6) is -2.85. The molecule has 1 aliphatic rings. The van der Waals surface area contributed by atoms with Gasteiger partial charge in [-0.05, 0) is 38.0 Å². The third kappa shape index (κ3) is 4.87. The molecule has 3 atom stereocenters. The van der Waals surface area contributed by atoms with Crippen LogP contribution >= 0.6 is 0 Å². The molecule has 2 heterocycles. The zero-order valence-corrected chi connectivity index (χ0v) is 17.5. The molecular formula is C22H23F3N2O4. The average Bonchev–Trinajstić information content (AvgIpc) is 2.91. The van der Waals surface area contributed by atoms with Gasteiger partial charge in [0, 0.05) is 36.4 Å². The van der Waals surface area contributed by atoms with E-state index < -0.39 is 36.0 Å². The summed E-state index contributed by atoms with van der Waals surface area (Å²) in [6.45, 7) is 3.60. The Morgan fingerprint density at radius 1 is 1.23 bits per heavy atom. The molecule has 1 fully saturated rings. The first-order valence-corrected chi connectivity index (χ1v) is 9.69. The third-order valence-corrected chi connectivity index (χ3v) is 5.59. The molecule has 0 saturated carbocycles. The first kappa shape index (κ1) is 22.7. The topological polar surface area (TPSA) is 77.5 Å². The molecule has 3 rings (SSSR count). The van der Waals surface area contributed by atoms with Gasteiger partial charge in [-0.15, -0.1) is 0 Å². The van der Waals surface area contributed by atoms with Crippen molar-refractivity contribution >= 4 is 17.4 Å². The SMILES string of the molecule is CC(=O)c1cc(NC(=O)[C@H]2OC(C)(C)[C@@H](C)[C@H]2c2ccc(F)cc2OC(F)F)ccn1. The number of rotatable bonds is 6. The lowest BCUT2D eigenvalue weighted by Crippen LogP contribution is -2.33. The Kier molecular flexibility index (Phi) is 6.35. The fourth-order valence-electron chi connectivity index (χ4n) is 3.75. The monoisotopic (exact) mass is 436 g/mol. The van der Waals surface area contributed by atoms with Crippen LogP contribution < -0.4 is 10.1 Å². The summed E-state index contributed by atoms with van der Waals surface area (Å²) in [6.07, 6.45) is 0.324. The van der Waals surface area contributed by atoms with E-state index in [1.165, 1.54) is 31.3 Å². The molecule has 0 aliphatic carbocycles. The summed E-state index contributed by atoms with van der Waals surface area (Å²) in [7, 11) is 0. The molecule has 0 radical (unpaired) electrons. The van der Waals surface area contributed by atoms with Crippen LogP contribution in [0.4, 0.5) is 18.9 Å². The first-order valence-electron chi connectivity index (χ1n) is 9.69. The molecule has 0 spiro atoms. The largest absolute Gasteiger partial charge is 0.434 e. The highest BCUT2D eigenvalue weighted by atomic mass is 19.3. The number of halogens is 3. The quantitative estimate of drug-likeness (QED) is 0.672. The molecule has 9 heteroatoms. The van der Waals surface area contributed by atoms with Crippen molar-refractivity contribution in [3.63, 3.8) is 0 Å². The highest BCUT2D eigenvalue weighted by molar-refractivity contribution is 5.97. The van der Waals surface area contributed by atoms with E-state index in [0.717, 1.165) is 12.1 Å². The maximum absolute atomic E-state index is 13.7. The number of Topliss-reactive ketones (excluding diaryl/α,β-unsaturated/α-hetero) is 1. The number of alkyl halides is 2. The number of carbonyl (C=O) groups is 2. The van der Waals surface area contributed by atoms with Crippen molar-refractivity contribution in [2.24, 2.45) is 5.92 Å². The van der Waals surface area contributed by atoms with E-state index in [1.807, 2.05) is 6.92 Å². The molecule has 1 aromatic carbocycles. The zero-order valence-electron chi connectivity index (χ0n) is 17.5. The number of nitrogens with zero attached hydrogens (tertiary/aromatic N) is 1. The normalized spacial score (nSPS) is 22.4. The smallest absolute Gasteiger partial charge is 0.387 e. The number of anilines is 1. The molecule has 0 bridgehead atoms. The van der Waals surface area contributed by atoms with Gasteiger partial charge >= 0.3 is 6.61 Å². The lowest BCUT2D eigenvalue weighted by atomic mass is 9.78. The van der Waals surface area contributed by atoms with E-state index in [0.29, 0.717) is 5.69 Å². The number of aromatic nitrogens is 1. The van der Waals surface area contributed by atoms with Gasteiger partial charge in [0.25, 0.3) is 5.91 Å². The van der Waals surface area contributed by atoms with Gasteiger partial charge in [-0.1, -0.05) is 13.0 Å². The fourth-order valence-corrected chi connectivity index (χ4v) is 3.75. The number of hydrogen-bond acceptors (Lipinski definition) is 5. The van der Waals surface area contributed by atoms with Gasteiger partial charge in [0.15, 0.2) is 5.78 Å². The van der Waals surface area contributed by atoms with Gasteiger partial charge in [-0.3, -0.25) is 14.6 Å². The van der Waals surface area contributed by atoms with Crippen molar-refractivity contribution in [3.8, 4) is 5.75 Å². The van der Waals surface area contributed by atoms with E-state index >= 15 is 0 Å². The Morgan fingerprint density at radius 3 is 2.58 bits per heavy atom. The summed E-state index contributed by atoms with van der Waals surface area (Å²) < 4.78 is 50.1. The minimum atomic E-state index is -3.15. The predicted molar refractivity (Wildman–Crippen MR) is 107 cm³/mol. The number of benzene rings is 1. The van der Waals surface area contributed by atoms with Crippen LogP contribution in [0.3, 0.4) is 0 Å². The van der Waals surface area contributed by atoms with Crippen molar-refractivity contribution < 1.29 is 32.2 Å². The molecule has 1 aliphatic heterocycles. The Labute approximate surface area is 177 Å². The van der Waals surface area contributed by atoms with E-state index in [2.05, 4.69) is 15.0 Å². The maximum Gasteiger partial charge on any atom is 0.387 e. The van der Waals surface area contributed by atoms with Crippen LogP contribution in [0.5, 0.6) is 5.75 Å². The van der Waals surface area contributed by atoms with E-state index in [1.54, 1.807) is 13.8 Å². The van der Waals surface area contributed by atoms with Crippen LogP contribution in [-0.2, 0) is 9.53 Å². The lowest BCUT2D eigenvalue weighted by Gasteiger charge is -2.26. The van der Waals surface area contributed by atoms with Gasteiger partial charge < -0.3 is 14.8 Å². The van der Waals surface area contributed by atoms with E-state index in [4.69, 9.17) is 4.74 Å². The molecule has 1 aromatic heterocycles. The molecule has 31 heavy (non-hydrogen) atoms. The van der Waals surface area contributed by atoms with Crippen molar-refractivity contribution in [3.05, 3.63) is 53.6 Å². The van der Waals surface area contributed by atoms with Gasteiger partial charge in [0.2, 0.25) is 0 Å². The zero-order chi connectivity index (χ0) is 22.9. The number of nitrogens with one attached hydrogen (secondary N) is 1. The van der Waals surface area contributed by atoms with Crippen molar-refractivity contribution in [2.45, 2.75) is 51.9 Å². The van der Waals surface area contributed by atoms with Gasteiger partial charge in [-0.2, -0.15) is 8.78 Å². The van der Waals surface area contributed by atoms with Crippen LogP contribution in [0, 0.1) is 11.7 Å². The molecule has 1 amide bonds. The fraction of sp³-hybridized carbons (Fsp3) is 0.409.